The number of rotatable bonds is 7. The Morgan fingerprint density at radius 1 is 1.04 bits per heavy atom. The number of methoxy groups -OCH3 is 1. The zero-order chi connectivity index (χ0) is 19.9. The molecule has 27 heavy (non-hydrogen) atoms. The Morgan fingerprint density at radius 3 is 2.04 bits per heavy atom. The zero-order valence-corrected chi connectivity index (χ0v) is 17.0. The van der Waals surface area contributed by atoms with Gasteiger partial charge in [0.1, 0.15) is 0 Å². The van der Waals surface area contributed by atoms with E-state index in [0.29, 0.717) is 30.8 Å². The Kier molecular flexibility index (Phi) is 7.39. The number of ether oxygens (including phenoxy) is 1. The minimum atomic E-state index is -0.120. The third-order valence-corrected chi connectivity index (χ3v) is 4.93. The number of nitrogens with one attached hydrogen (secondary N) is 3. The van der Waals surface area contributed by atoms with Crippen LogP contribution in [0.1, 0.15) is 54.3 Å². The highest BCUT2D eigenvalue weighted by Crippen LogP contribution is 2.28. The van der Waals surface area contributed by atoms with Gasteiger partial charge in [-0.15, -0.1) is 0 Å². The van der Waals surface area contributed by atoms with E-state index in [1.165, 1.54) is 0 Å². The fourth-order valence-corrected chi connectivity index (χ4v) is 3.23. The van der Waals surface area contributed by atoms with Gasteiger partial charge in [0.05, 0.1) is 6.61 Å². The highest BCUT2D eigenvalue weighted by Gasteiger charge is 2.32. The normalized spacial score (nSPS) is 16.6. The number of carbonyl (C=O) groups excluding carboxylic acids is 2. The van der Waals surface area contributed by atoms with Crippen molar-refractivity contribution in [2.24, 2.45) is 10.8 Å². The van der Waals surface area contributed by atoms with Gasteiger partial charge in [0.2, 0.25) is 0 Å². The third kappa shape index (κ3) is 6.63. The first-order valence-electron chi connectivity index (χ1n) is 9.61. The molecule has 6 heteroatoms. The van der Waals surface area contributed by atoms with Crippen LogP contribution in [0.15, 0.2) is 24.3 Å². The molecular weight excluding hydrogens is 342 g/mol. The van der Waals surface area contributed by atoms with Crippen LogP contribution in [-0.2, 0) is 4.74 Å². The largest absolute Gasteiger partial charge is 0.384 e. The van der Waals surface area contributed by atoms with Gasteiger partial charge in [0.15, 0.2) is 0 Å². The Morgan fingerprint density at radius 2 is 1.56 bits per heavy atom. The van der Waals surface area contributed by atoms with E-state index in [1.807, 2.05) is 0 Å². The lowest BCUT2D eigenvalue weighted by molar-refractivity contribution is 0.0511. The monoisotopic (exact) mass is 375 g/mol. The molecular formula is C21H33N3O3. The summed E-state index contributed by atoms with van der Waals surface area (Å²) in [5, 5.41) is 9.30. The molecule has 1 fully saturated rings. The smallest absolute Gasteiger partial charge is 0.251 e. The Hall–Kier alpha value is -1.92. The number of hydrogen-bond acceptors (Lipinski definition) is 4. The van der Waals surface area contributed by atoms with Crippen molar-refractivity contribution in [1.82, 2.24) is 16.0 Å². The number of benzene rings is 1. The fourth-order valence-electron chi connectivity index (χ4n) is 3.23. The van der Waals surface area contributed by atoms with Crippen molar-refractivity contribution in [3.05, 3.63) is 35.4 Å². The summed E-state index contributed by atoms with van der Waals surface area (Å²) in [6.07, 6.45) is 1.96. The second kappa shape index (κ2) is 9.33. The Labute approximate surface area is 162 Å². The minimum Gasteiger partial charge on any atom is -0.384 e. The van der Waals surface area contributed by atoms with Gasteiger partial charge in [-0.1, -0.05) is 20.8 Å². The number of hydrogen-bond donors (Lipinski definition) is 3. The van der Waals surface area contributed by atoms with Gasteiger partial charge in [0, 0.05) is 36.7 Å². The summed E-state index contributed by atoms with van der Waals surface area (Å²) < 4.78 is 5.39. The number of carbonyl (C=O) groups is 2. The number of piperidine rings is 1. The van der Waals surface area contributed by atoms with E-state index in [9.17, 15) is 9.59 Å². The van der Waals surface area contributed by atoms with Crippen molar-refractivity contribution in [1.29, 1.82) is 0 Å². The van der Waals surface area contributed by atoms with Crippen LogP contribution >= 0.6 is 0 Å². The maximum atomic E-state index is 12.5. The highest BCUT2D eigenvalue weighted by atomic mass is 16.5. The lowest BCUT2D eigenvalue weighted by Crippen LogP contribution is -2.47. The average Bonchev–Trinajstić information content (AvgIpc) is 2.65. The third-order valence-electron chi connectivity index (χ3n) is 4.93. The van der Waals surface area contributed by atoms with Crippen molar-refractivity contribution < 1.29 is 14.3 Å². The molecule has 6 nitrogen and oxygen atoms in total. The van der Waals surface area contributed by atoms with E-state index in [0.717, 1.165) is 25.9 Å². The van der Waals surface area contributed by atoms with Gasteiger partial charge in [-0.25, -0.2) is 0 Å². The molecule has 0 aromatic heterocycles. The molecule has 0 aliphatic carbocycles. The molecule has 150 valence electrons. The van der Waals surface area contributed by atoms with Crippen LogP contribution in [0.5, 0.6) is 0 Å². The molecule has 2 rings (SSSR count). The fraction of sp³-hybridized carbons (Fsp3) is 0.619. The summed E-state index contributed by atoms with van der Waals surface area (Å²) in [5.41, 5.74) is 1.14. The lowest BCUT2D eigenvalue weighted by Gasteiger charge is -2.37. The molecule has 0 saturated carbocycles. The van der Waals surface area contributed by atoms with Gasteiger partial charge < -0.3 is 20.7 Å². The van der Waals surface area contributed by atoms with Crippen LogP contribution in [0.4, 0.5) is 0 Å². The summed E-state index contributed by atoms with van der Waals surface area (Å²) in [7, 11) is 1.70. The van der Waals surface area contributed by atoms with Gasteiger partial charge in [-0.05, 0) is 55.6 Å². The van der Waals surface area contributed by atoms with Crippen molar-refractivity contribution in [3.8, 4) is 0 Å². The molecule has 0 unspecified atom stereocenters. The summed E-state index contributed by atoms with van der Waals surface area (Å²) in [4.78, 5) is 24.7. The molecule has 1 aromatic rings. The van der Waals surface area contributed by atoms with Crippen LogP contribution in [-0.4, -0.2) is 51.7 Å². The van der Waals surface area contributed by atoms with Gasteiger partial charge in [0.25, 0.3) is 11.8 Å². The molecule has 0 spiro atoms. The zero-order valence-electron chi connectivity index (χ0n) is 17.0. The SMILES string of the molecule is COCC1(CNC(=O)c2ccc(C(=O)NCC(C)(C)C)cc2)CCNCC1. The summed E-state index contributed by atoms with van der Waals surface area (Å²) in [6.45, 7) is 9.93. The molecule has 1 saturated heterocycles. The second-order valence-electron chi connectivity index (χ2n) is 8.69. The second-order valence-corrected chi connectivity index (χ2v) is 8.69. The van der Waals surface area contributed by atoms with E-state index in [1.54, 1.807) is 31.4 Å². The molecule has 1 aliphatic heterocycles. The summed E-state index contributed by atoms with van der Waals surface area (Å²) >= 11 is 0. The molecule has 3 N–H and O–H groups in total. The minimum absolute atomic E-state index is 0.0115. The van der Waals surface area contributed by atoms with Crippen LogP contribution in [0.3, 0.4) is 0 Å². The predicted molar refractivity (Wildman–Crippen MR) is 107 cm³/mol. The maximum Gasteiger partial charge on any atom is 0.251 e. The van der Waals surface area contributed by atoms with E-state index >= 15 is 0 Å². The first-order valence-corrected chi connectivity index (χ1v) is 9.61. The molecule has 0 atom stereocenters. The van der Waals surface area contributed by atoms with Crippen LogP contribution in [0, 0.1) is 10.8 Å². The Balaban J connectivity index is 1.92. The first-order chi connectivity index (χ1) is 12.7. The lowest BCUT2D eigenvalue weighted by atomic mass is 9.79. The molecule has 0 bridgehead atoms. The summed E-state index contributed by atoms with van der Waals surface area (Å²) in [5.74, 6) is -0.240. The molecule has 1 heterocycles. The van der Waals surface area contributed by atoms with Gasteiger partial charge in [-0.3, -0.25) is 9.59 Å². The van der Waals surface area contributed by atoms with Crippen molar-refractivity contribution in [3.63, 3.8) is 0 Å². The predicted octanol–water partition coefficient (Wildman–Crippen LogP) is 2.21. The standard InChI is InChI=1S/C21H33N3O3/c1-20(2,3)13-23-18(25)16-5-7-17(8-6-16)19(26)24-14-21(15-27-4)9-11-22-12-10-21/h5-8,22H,9-15H2,1-4H3,(H,23,25)(H,24,26). The molecule has 2 amide bonds. The topological polar surface area (TPSA) is 79.5 Å². The van der Waals surface area contributed by atoms with Crippen LogP contribution in [0.25, 0.3) is 0 Å². The molecule has 1 aliphatic rings. The highest BCUT2D eigenvalue weighted by molar-refractivity contribution is 5.97. The number of amides is 2. The van der Waals surface area contributed by atoms with E-state index in [4.69, 9.17) is 4.74 Å². The molecule has 1 aromatic carbocycles. The van der Waals surface area contributed by atoms with Gasteiger partial charge >= 0.3 is 0 Å². The average molecular weight is 376 g/mol. The van der Waals surface area contributed by atoms with Crippen molar-refractivity contribution in [2.45, 2.75) is 33.6 Å². The quantitative estimate of drug-likeness (QED) is 0.683. The van der Waals surface area contributed by atoms with Gasteiger partial charge in [-0.2, -0.15) is 0 Å². The first kappa shape index (κ1) is 21.4. The van der Waals surface area contributed by atoms with Crippen LogP contribution in [0.2, 0.25) is 0 Å². The van der Waals surface area contributed by atoms with Crippen LogP contribution < -0.4 is 16.0 Å². The van der Waals surface area contributed by atoms with Crippen molar-refractivity contribution in [2.75, 3.05) is 39.9 Å². The van der Waals surface area contributed by atoms with Crippen molar-refractivity contribution >= 4 is 11.8 Å². The Bertz CT molecular complexity index is 624. The van der Waals surface area contributed by atoms with E-state index in [-0.39, 0.29) is 22.6 Å². The van der Waals surface area contributed by atoms with E-state index < -0.39 is 0 Å². The summed E-state index contributed by atoms with van der Waals surface area (Å²) in [6, 6.07) is 6.80. The molecule has 0 radical (unpaired) electrons. The maximum absolute atomic E-state index is 12.5. The van der Waals surface area contributed by atoms with E-state index in [2.05, 4.69) is 36.7 Å².